The second kappa shape index (κ2) is 5.27. The normalized spacial score (nSPS) is 20.4. The van der Waals surface area contributed by atoms with Crippen molar-refractivity contribution in [3.05, 3.63) is 29.6 Å². The minimum atomic E-state index is 0.0918. The van der Waals surface area contributed by atoms with E-state index < -0.39 is 0 Å². The van der Waals surface area contributed by atoms with E-state index in [1.165, 1.54) is 0 Å². The van der Waals surface area contributed by atoms with Crippen LogP contribution in [0, 0.1) is 0 Å². The van der Waals surface area contributed by atoms with Crippen molar-refractivity contribution in [3.63, 3.8) is 0 Å². The molecule has 2 heterocycles. The van der Waals surface area contributed by atoms with Gasteiger partial charge in [0, 0.05) is 37.6 Å². The van der Waals surface area contributed by atoms with Crippen molar-refractivity contribution in [1.29, 1.82) is 0 Å². The largest absolute Gasteiger partial charge is 0.333 e. The minimum Gasteiger partial charge on any atom is -0.333 e. The van der Waals surface area contributed by atoms with Crippen LogP contribution in [0.2, 0.25) is 0 Å². The van der Waals surface area contributed by atoms with Gasteiger partial charge in [0.25, 0.3) is 5.91 Å². The highest BCUT2D eigenvalue weighted by molar-refractivity contribution is 5.94. The van der Waals surface area contributed by atoms with Gasteiger partial charge < -0.3 is 10.2 Å². The number of aryl methyl sites for hydroxylation is 1. The maximum atomic E-state index is 12.3. The lowest BCUT2D eigenvalue weighted by molar-refractivity contribution is 0.0655. The van der Waals surface area contributed by atoms with Gasteiger partial charge >= 0.3 is 0 Å². The lowest BCUT2D eigenvalue weighted by Crippen LogP contribution is -2.52. The third kappa shape index (κ3) is 2.64. The summed E-state index contributed by atoms with van der Waals surface area (Å²) in [6.07, 6.45) is 2.59. The Bertz CT molecular complexity index is 388. The van der Waals surface area contributed by atoms with Crippen molar-refractivity contribution >= 4 is 5.91 Å². The second-order valence-corrected chi connectivity index (χ2v) is 4.44. The molecule has 2 rings (SSSR count). The highest BCUT2D eigenvalue weighted by atomic mass is 16.2. The number of rotatable bonds is 2. The van der Waals surface area contributed by atoms with E-state index in [-0.39, 0.29) is 11.9 Å². The van der Waals surface area contributed by atoms with Crippen molar-refractivity contribution in [2.24, 2.45) is 0 Å². The van der Waals surface area contributed by atoms with Gasteiger partial charge in [-0.15, -0.1) is 0 Å². The first kappa shape index (κ1) is 12.0. The first-order valence-corrected chi connectivity index (χ1v) is 6.19. The molecule has 4 nitrogen and oxygen atoms in total. The number of nitrogens with zero attached hydrogens (tertiary/aromatic N) is 2. The standard InChI is InChI=1S/C13H19N3O/c1-3-12-5-4-11(9-15-12)13(17)16-7-6-14-8-10(16)2/h4-5,9-10,14H,3,6-8H2,1-2H3/t10-/m0/s1. The minimum absolute atomic E-state index is 0.0918. The zero-order valence-electron chi connectivity index (χ0n) is 10.4. The lowest BCUT2D eigenvalue weighted by atomic mass is 10.1. The summed E-state index contributed by atoms with van der Waals surface area (Å²) in [6, 6.07) is 4.06. The van der Waals surface area contributed by atoms with Gasteiger partial charge in [0.15, 0.2) is 0 Å². The van der Waals surface area contributed by atoms with Crippen LogP contribution >= 0.6 is 0 Å². The molecule has 1 aliphatic rings. The Morgan fingerprint density at radius 3 is 3.00 bits per heavy atom. The van der Waals surface area contributed by atoms with E-state index in [0.29, 0.717) is 5.56 Å². The summed E-state index contributed by atoms with van der Waals surface area (Å²) in [7, 11) is 0. The summed E-state index contributed by atoms with van der Waals surface area (Å²) in [6.45, 7) is 6.64. The molecule has 1 N–H and O–H groups in total. The number of nitrogens with one attached hydrogen (secondary N) is 1. The van der Waals surface area contributed by atoms with Crippen LogP contribution in [0.3, 0.4) is 0 Å². The number of amides is 1. The summed E-state index contributed by atoms with van der Waals surface area (Å²) in [5.74, 6) is 0.0918. The lowest BCUT2D eigenvalue weighted by Gasteiger charge is -2.33. The molecule has 0 unspecified atom stereocenters. The molecule has 1 atom stereocenters. The molecule has 1 aromatic heterocycles. The average molecular weight is 233 g/mol. The molecule has 0 saturated carbocycles. The maximum Gasteiger partial charge on any atom is 0.255 e. The van der Waals surface area contributed by atoms with E-state index in [1.807, 2.05) is 17.0 Å². The molecule has 1 amide bonds. The molecule has 1 saturated heterocycles. The van der Waals surface area contributed by atoms with Gasteiger partial charge in [-0.1, -0.05) is 6.92 Å². The number of carbonyl (C=O) groups excluding carboxylic acids is 1. The fourth-order valence-corrected chi connectivity index (χ4v) is 2.07. The van der Waals surface area contributed by atoms with E-state index in [1.54, 1.807) is 6.20 Å². The third-order valence-electron chi connectivity index (χ3n) is 3.20. The molecule has 92 valence electrons. The van der Waals surface area contributed by atoms with Crippen molar-refractivity contribution in [2.45, 2.75) is 26.3 Å². The molecule has 17 heavy (non-hydrogen) atoms. The molecule has 0 spiro atoms. The monoisotopic (exact) mass is 233 g/mol. The van der Waals surface area contributed by atoms with Crippen LogP contribution in [0.5, 0.6) is 0 Å². The molecule has 1 aliphatic heterocycles. The van der Waals surface area contributed by atoms with E-state index in [2.05, 4.69) is 24.1 Å². The Morgan fingerprint density at radius 2 is 2.41 bits per heavy atom. The quantitative estimate of drug-likeness (QED) is 0.831. The molecule has 1 aromatic rings. The topological polar surface area (TPSA) is 45.2 Å². The fourth-order valence-electron chi connectivity index (χ4n) is 2.07. The summed E-state index contributed by atoms with van der Waals surface area (Å²) >= 11 is 0. The number of carbonyl (C=O) groups is 1. The Labute approximate surface area is 102 Å². The van der Waals surface area contributed by atoms with Gasteiger partial charge in [0.2, 0.25) is 0 Å². The van der Waals surface area contributed by atoms with Crippen LogP contribution in [0.25, 0.3) is 0 Å². The number of aromatic nitrogens is 1. The van der Waals surface area contributed by atoms with Crippen molar-refractivity contribution < 1.29 is 4.79 Å². The maximum absolute atomic E-state index is 12.3. The zero-order valence-corrected chi connectivity index (χ0v) is 10.4. The number of hydrogen-bond donors (Lipinski definition) is 1. The van der Waals surface area contributed by atoms with Gasteiger partial charge in [-0.25, -0.2) is 0 Å². The molecule has 0 aromatic carbocycles. The molecular weight excluding hydrogens is 214 g/mol. The predicted molar refractivity (Wildman–Crippen MR) is 67.0 cm³/mol. The smallest absolute Gasteiger partial charge is 0.255 e. The molecule has 4 heteroatoms. The van der Waals surface area contributed by atoms with Crippen molar-refractivity contribution in [3.8, 4) is 0 Å². The number of pyridine rings is 1. The molecule has 1 fully saturated rings. The van der Waals surface area contributed by atoms with Crippen LogP contribution in [0.4, 0.5) is 0 Å². The average Bonchev–Trinajstić information content (AvgIpc) is 2.39. The Hall–Kier alpha value is -1.42. The van der Waals surface area contributed by atoms with E-state index in [9.17, 15) is 4.79 Å². The van der Waals surface area contributed by atoms with Crippen molar-refractivity contribution in [2.75, 3.05) is 19.6 Å². The van der Waals surface area contributed by atoms with Gasteiger partial charge in [0.1, 0.15) is 0 Å². The molecule has 0 aliphatic carbocycles. The summed E-state index contributed by atoms with van der Waals surface area (Å²) in [5.41, 5.74) is 1.71. The second-order valence-electron chi connectivity index (χ2n) is 4.44. The highest BCUT2D eigenvalue weighted by Gasteiger charge is 2.23. The summed E-state index contributed by atoms with van der Waals surface area (Å²) in [5, 5.41) is 3.28. The third-order valence-corrected chi connectivity index (χ3v) is 3.20. The zero-order chi connectivity index (χ0) is 12.3. The fraction of sp³-hybridized carbons (Fsp3) is 0.538. The van der Waals surface area contributed by atoms with Crippen LogP contribution < -0.4 is 5.32 Å². The van der Waals surface area contributed by atoms with Crippen LogP contribution in [0.15, 0.2) is 18.3 Å². The molecule has 0 bridgehead atoms. The van der Waals surface area contributed by atoms with Gasteiger partial charge in [-0.05, 0) is 25.5 Å². The van der Waals surface area contributed by atoms with E-state index in [4.69, 9.17) is 0 Å². The van der Waals surface area contributed by atoms with Crippen LogP contribution in [-0.4, -0.2) is 41.5 Å². The SMILES string of the molecule is CCc1ccc(C(=O)N2CCNC[C@@H]2C)cn1. The van der Waals surface area contributed by atoms with Crippen molar-refractivity contribution in [1.82, 2.24) is 15.2 Å². The number of piperazine rings is 1. The van der Waals surface area contributed by atoms with Gasteiger partial charge in [-0.3, -0.25) is 9.78 Å². The van der Waals surface area contributed by atoms with E-state index in [0.717, 1.165) is 31.7 Å². The molecular formula is C13H19N3O. The Morgan fingerprint density at radius 1 is 1.59 bits per heavy atom. The highest BCUT2D eigenvalue weighted by Crippen LogP contribution is 2.10. The van der Waals surface area contributed by atoms with Gasteiger partial charge in [0.05, 0.1) is 5.56 Å². The summed E-state index contributed by atoms with van der Waals surface area (Å²) < 4.78 is 0. The van der Waals surface area contributed by atoms with Crippen LogP contribution in [0.1, 0.15) is 29.9 Å². The first-order valence-electron chi connectivity index (χ1n) is 6.19. The Balaban J connectivity index is 2.12. The predicted octanol–water partition coefficient (Wildman–Crippen LogP) is 1.08. The first-order chi connectivity index (χ1) is 8.22. The Kier molecular flexibility index (Phi) is 3.74. The molecule has 0 radical (unpaired) electrons. The number of hydrogen-bond acceptors (Lipinski definition) is 3. The van der Waals surface area contributed by atoms with Crippen LogP contribution in [-0.2, 0) is 6.42 Å². The van der Waals surface area contributed by atoms with Gasteiger partial charge in [-0.2, -0.15) is 0 Å². The van der Waals surface area contributed by atoms with E-state index >= 15 is 0 Å². The summed E-state index contributed by atoms with van der Waals surface area (Å²) in [4.78, 5) is 18.5.